The lowest BCUT2D eigenvalue weighted by Crippen LogP contribution is -2.48. The zero-order valence-electron chi connectivity index (χ0n) is 11.9. The lowest BCUT2D eigenvalue weighted by Gasteiger charge is -2.38. The molecule has 1 atom stereocenters. The third-order valence-electron chi connectivity index (χ3n) is 3.84. The van der Waals surface area contributed by atoms with Gasteiger partial charge in [-0.3, -0.25) is 0 Å². The summed E-state index contributed by atoms with van der Waals surface area (Å²) in [5, 5.41) is 12.5. The number of hydrogen-bond acceptors (Lipinski definition) is 5. The van der Waals surface area contributed by atoms with Crippen LogP contribution in [-0.4, -0.2) is 24.2 Å². The number of benzene rings is 1. The van der Waals surface area contributed by atoms with Crippen LogP contribution in [0.1, 0.15) is 25.3 Å². The van der Waals surface area contributed by atoms with Crippen LogP contribution in [0.2, 0.25) is 0 Å². The molecule has 0 aliphatic carbocycles. The molecular weight excluding hydrogens is 289 g/mol. The summed E-state index contributed by atoms with van der Waals surface area (Å²) in [4.78, 5) is 4.16. The van der Waals surface area contributed by atoms with Crippen LogP contribution in [0.25, 0.3) is 10.2 Å². The summed E-state index contributed by atoms with van der Waals surface area (Å²) >= 11 is 1.19. The van der Waals surface area contributed by atoms with Crippen LogP contribution in [0.15, 0.2) is 12.1 Å². The Bertz CT molecular complexity index is 720. The Labute approximate surface area is 126 Å². The maximum atomic E-state index is 14.2. The molecule has 1 saturated heterocycles. The summed E-state index contributed by atoms with van der Waals surface area (Å²) in [6.45, 7) is 5.93. The fraction of sp³-hybridized carbons (Fsp3) is 0.467. The van der Waals surface area contributed by atoms with E-state index in [0.717, 1.165) is 19.5 Å². The summed E-state index contributed by atoms with van der Waals surface area (Å²) < 4.78 is 20.8. The molecule has 3 rings (SSSR count). The fourth-order valence-electron chi connectivity index (χ4n) is 2.59. The van der Waals surface area contributed by atoms with Gasteiger partial charge in [0.15, 0.2) is 16.6 Å². The molecule has 2 heterocycles. The number of piperidine rings is 1. The molecule has 1 aromatic heterocycles. The molecule has 0 amide bonds. The van der Waals surface area contributed by atoms with Gasteiger partial charge in [-0.1, -0.05) is 13.8 Å². The van der Waals surface area contributed by atoms with Crippen LogP contribution < -0.4 is 10.1 Å². The highest BCUT2D eigenvalue weighted by Gasteiger charge is 2.34. The fourth-order valence-corrected chi connectivity index (χ4v) is 3.36. The first-order valence-electron chi connectivity index (χ1n) is 6.87. The van der Waals surface area contributed by atoms with Crippen molar-refractivity contribution in [1.29, 1.82) is 5.26 Å². The smallest absolute Gasteiger partial charge is 0.195 e. The Morgan fingerprint density at radius 1 is 1.52 bits per heavy atom. The number of ether oxygens (including phenoxy) is 1. The quantitative estimate of drug-likeness (QED) is 0.926. The van der Waals surface area contributed by atoms with Crippen molar-refractivity contribution in [2.24, 2.45) is 5.41 Å². The first-order chi connectivity index (χ1) is 9.99. The predicted molar refractivity (Wildman–Crippen MR) is 80.0 cm³/mol. The number of thiazole rings is 1. The number of aromatic nitrogens is 1. The maximum Gasteiger partial charge on any atom is 0.195 e. The lowest BCUT2D eigenvalue weighted by atomic mass is 9.82. The largest absolute Gasteiger partial charge is 0.487 e. The number of nitriles is 1. The lowest BCUT2D eigenvalue weighted by molar-refractivity contribution is 0.0421. The number of nitrogens with one attached hydrogen (secondary N) is 1. The van der Waals surface area contributed by atoms with E-state index in [0.29, 0.717) is 15.2 Å². The van der Waals surface area contributed by atoms with Crippen LogP contribution >= 0.6 is 11.3 Å². The van der Waals surface area contributed by atoms with E-state index in [2.05, 4.69) is 24.1 Å². The van der Waals surface area contributed by atoms with Gasteiger partial charge in [-0.2, -0.15) is 5.26 Å². The zero-order valence-corrected chi connectivity index (χ0v) is 12.8. The molecule has 0 saturated carbocycles. The predicted octanol–water partition coefficient (Wildman–Crippen LogP) is 3.07. The first kappa shape index (κ1) is 14.2. The molecule has 1 aliphatic rings. The van der Waals surface area contributed by atoms with E-state index in [1.165, 1.54) is 17.4 Å². The Hall–Kier alpha value is -1.71. The van der Waals surface area contributed by atoms with Crippen molar-refractivity contribution >= 4 is 21.6 Å². The van der Waals surface area contributed by atoms with Gasteiger partial charge in [0, 0.05) is 18.0 Å². The Morgan fingerprint density at radius 2 is 2.33 bits per heavy atom. The van der Waals surface area contributed by atoms with Gasteiger partial charge in [0.05, 0.1) is 10.2 Å². The molecule has 1 unspecified atom stereocenters. The summed E-state index contributed by atoms with van der Waals surface area (Å²) in [5.41, 5.74) is 0.555. The topological polar surface area (TPSA) is 57.9 Å². The molecule has 1 aliphatic heterocycles. The molecule has 1 N–H and O–H groups in total. The van der Waals surface area contributed by atoms with E-state index < -0.39 is 5.82 Å². The van der Waals surface area contributed by atoms with E-state index >= 15 is 0 Å². The van der Waals surface area contributed by atoms with Crippen molar-refractivity contribution in [3.8, 4) is 11.8 Å². The second-order valence-electron chi connectivity index (χ2n) is 5.94. The molecule has 110 valence electrons. The number of fused-ring (bicyclic) bond motifs is 1. The molecule has 4 nitrogen and oxygen atoms in total. The van der Waals surface area contributed by atoms with Gasteiger partial charge in [-0.15, -0.1) is 11.3 Å². The molecule has 21 heavy (non-hydrogen) atoms. The van der Waals surface area contributed by atoms with Crippen LogP contribution in [0.5, 0.6) is 5.75 Å². The van der Waals surface area contributed by atoms with Gasteiger partial charge in [0.2, 0.25) is 0 Å². The molecule has 0 radical (unpaired) electrons. The van der Waals surface area contributed by atoms with Crippen molar-refractivity contribution in [2.45, 2.75) is 26.4 Å². The first-order valence-corrected chi connectivity index (χ1v) is 7.69. The van der Waals surface area contributed by atoms with Gasteiger partial charge < -0.3 is 10.1 Å². The number of halogens is 1. The third-order valence-corrected chi connectivity index (χ3v) is 4.77. The molecule has 0 spiro atoms. The standard InChI is InChI=1S/C15H16FN3OS/c1-15(2)8-18-4-3-13(15)20-11-6-10-12(5-9(11)16)21-14(7-17)19-10/h5-6,13,18H,3-4,8H2,1-2H3. The zero-order chi connectivity index (χ0) is 15.0. The second kappa shape index (κ2) is 5.24. The normalized spacial score (nSPS) is 21.1. The van der Waals surface area contributed by atoms with Crippen molar-refractivity contribution in [3.05, 3.63) is 23.0 Å². The van der Waals surface area contributed by atoms with E-state index in [-0.39, 0.29) is 17.3 Å². The highest BCUT2D eigenvalue weighted by atomic mass is 32.1. The Kier molecular flexibility index (Phi) is 3.56. The van der Waals surface area contributed by atoms with Gasteiger partial charge >= 0.3 is 0 Å². The van der Waals surface area contributed by atoms with Gasteiger partial charge in [-0.05, 0) is 19.0 Å². The van der Waals surface area contributed by atoms with Gasteiger partial charge in [0.1, 0.15) is 12.2 Å². The van der Waals surface area contributed by atoms with Crippen LogP contribution in [0.4, 0.5) is 4.39 Å². The maximum absolute atomic E-state index is 14.2. The van der Waals surface area contributed by atoms with Crippen molar-refractivity contribution in [3.63, 3.8) is 0 Å². The van der Waals surface area contributed by atoms with E-state index in [9.17, 15) is 4.39 Å². The minimum Gasteiger partial charge on any atom is -0.487 e. The second-order valence-corrected chi connectivity index (χ2v) is 6.97. The average molecular weight is 305 g/mol. The summed E-state index contributed by atoms with van der Waals surface area (Å²) in [5.74, 6) is -0.178. The monoisotopic (exact) mass is 305 g/mol. The highest BCUT2D eigenvalue weighted by molar-refractivity contribution is 7.19. The van der Waals surface area contributed by atoms with Crippen molar-refractivity contribution < 1.29 is 9.13 Å². The van der Waals surface area contributed by atoms with Crippen LogP contribution in [-0.2, 0) is 0 Å². The van der Waals surface area contributed by atoms with E-state index in [1.807, 2.05) is 6.07 Å². The molecular formula is C15H16FN3OS. The molecule has 6 heteroatoms. The van der Waals surface area contributed by atoms with Crippen molar-refractivity contribution in [1.82, 2.24) is 10.3 Å². The third kappa shape index (κ3) is 2.71. The van der Waals surface area contributed by atoms with Crippen LogP contribution in [0, 0.1) is 22.6 Å². The molecule has 1 aromatic carbocycles. The summed E-state index contributed by atoms with van der Waals surface area (Å²) in [6.07, 6.45) is 0.796. The number of hydrogen-bond donors (Lipinski definition) is 1. The number of rotatable bonds is 2. The molecule has 2 aromatic rings. The molecule has 0 bridgehead atoms. The Balaban J connectivity index is 1.93. The van der Waals surface area contributed by atoms with Gasteiger partial charge in [-0.25, -0.2) is 9.37 Å². The minimum absolute atomic E-state index is 0.0419. The molecule has 1 fully saturated rings. The summed E-state index contributed by atoms with van der Waals surface area (Å²) in [6, 6.07) is 4.98. The SMILES string of the molecule is CC1(C)CNCCC1Oc1cc2nc(C#N)sc2cc1F. The highest BCUT2D eigenvalue weighted by Crippen LogP contribution is 2.33. The van der Waals surface area contributed by atoms with Gasteiger partial charge in [0.25, 0.3) is 0 Å². The van der Waals surface area contributed by atoms with E-state index in [1.54, 1.807) is 6.07 Å². The van der Waals surface area contributed by atoms with Crippen LogP contribution in [0.3, 0.4) is 0 Å². The van der Waals surface area contributed by atoms with Crippen molar-refractivity contribution in [2.75, 3.05) is 13.1 Å². The number of nitrogens with zero attached hydrogens (tertiary/aromatic N) is 2. The minimum atomic E-state index is -0.398. The van der Waals surface area contributed by atoms with E-state index in [4.69, 9.17) is 10.00 Å². The average Bonchev–Trinajstić information content (AvgIpc) is 2.83. The Morgan fingerprint density at radius 3 is 3.05 bits per heavy atom. The summed E-state index contributed by atoms with van der Waals surface area (Å²) in [7, 11) is 0.